The summed E-state index contributed by atoms with van der Waals surface area (Å²) in [5.74, 6) is 1.58. The summed E-state index contributed by atoms with van der Waals surface area (Å²) in [6.07, 6.45) is 3.85. The van der Waals surface area contributed by atoms with E-state index in [0.717, 1.165) is 80.2 Å². The molecule has 3 aromatic carbocycles. The second kappa shape index (κ2) is 12.2. The molecule has 0 spiro atoms. The highest BCUT2D eigenvalue weighted by Crippen LogP contribution is 2.31. The van der Waals surface area contributed by atoms with Crippen LogP contribution in [0.25, 0.3) is 22.2 Å². The number of Topliss-reactive ketones (excluding diaryl/α,β-unsaturated/α-hetero) is 1. The van der Waals surface area contributed by atoms with Gasteiger partial charge in [0.05, 0.1) is 31.5 Å². The molecular formula is C31H35N3O3. The fourth-order valence-electron chi connectivity index (χ4n) is 4.62. The van der Waals surface area contributed by atoms with Gasteiger partial charge in [0, 0.05) is 42.9 Å². The third-order valence-electron chi connectivity index (χ3n) is 7.09. The minimum Gasteiger partial charge on any atom is -0.497 e. The Hall–Kier alpha value is -3.48. The van der Waals surface area contributed by atoms with E-state index in [2.05, 4.69) is 57.6 Å². The quantitative estimate of drug-likeness (QED) is 0.357. The molecule has 6 heteroatoms. The summed E-state index contributed by atoms with van der Waals surface area (Å²) in [5, 5.41) is 8.74. The Morgan fingerprint density at radius 3 is 2.38 bits per heavy atom. The second-order valence-electron chi connectivity index (χ2n) is 9.78. The summed E-state index contributed by atoms with van der Waals surface area (Å²) < 4.78 is 10.4. The van der Waals surface area contributed by atoms with Crippen LogP contribution in [0.15, 0.2) is 72.8 Å². The molecule has 0 bridgehead atoms. The second-order valence-corrected chi connectivity index (χ2v) is 9.78. The minimum absolute atomic E-state index is 0.358. The van der Waals surface area contributed by atoms with Crippen molar-refractivity contribution in [3.63, 3.8) is 0 Å². The van der Waals surface area contributed by atoms with Crippen LogP contribution in [0.2, 0.25) is 0 Å². The Morgan fingerprint density at radius 1 is 0.973 bits per heavy atom. The van der Waals surface area contributed by atoms with Crippen LogP contribution in [0.3, 0.4) is 0 Å². The molecule has 2 aliphatic rings. The van der Waals surface area contributed by atoms with Gasteiger partial charge in [0.15, 0.2) is 0 Å². The van der Waals surface area contributed by atoms with Crippen LogP contribution in [0, 0.1) is 5.92 Å². The highest BCUT2D eigenvalue weighted by atomic mass is 16.5. The Balaban J connectivity index is 0.000000171. The Bertz CT molecular complexity index is 1290. The van der Waals surface area contributed by atoms with Crippen molar-refractivity contribution in [2.45, 2.75) is 25.7 Å². The Labute approximate surface area is 218 Å². The molecule has 1 aromatic heterocycles. The van der Waals surface area contributed by atoms with Crippen molar-refractivity contribution in [2.24, 2.45) is 5.92 Å². The number of H-pyrrole nitrogens is 1. The molecule has 37 heavy (non-hydrogen) atoms. The molecule has 0 radical (unpaired) electrons. The van der Waals surface area contributed by atoms with E-state index in [-0.39, 0.29) is 0 Å². The first-order valence-electron chi connectivity index (χ1n) is 13.2. The van der Waals surface area contributed by atoms with E-state index < -0.39 is 0 Å². The van der Waals surface area contributed by atoms with Crippen molar-refractivity contribution in [1.29, 1.82) is 0 Å². The largest absolute Gasteiger partial charge is 0.497 e. The lowest BCUT2D eigenvalue weighted by atomic mass is 10.0. The molecule has 1 N–H and O–H groups in total. The van der Waals surface area contributed by atoms with E-state index in [0.29, 0.717) is 18.1 Å². The van der Waals surface area contributed by atoms with Crippen LogP contribution in [0.5, 0.6) is 5.75 Å². The maximum Gasteiger partial charge on any atom is 0.140 e. The summed E-state index contributed by atoms with van der Waals surface area (Å²) in [5.41, 5.74) is 5.74. The summed E-state index contributed by atoms with van der Waals surface area (Å²) in [4.78, 5) is 14.0. The van der Waals surface area contributed by atoms with Gasteiger partial charge in [0.1, 0.15) is 11.5 Å². The fraction of sp³-hybridized carbons (Fsp3) is 0.355. The van der Waals surface area contributed by atoms with Gasteiger partial charge in [-0.25, -0.2) is 0 Å². The Kier molecular flexibility index (Phi) is 8.28. The van der Waals surface area contributed by atoms with Gasteiger partial charge in [-0.05, 0) is 48.6 Å². The van der Waals surface area contributed by atoms with Gasteiger partial charge in [-0.2, -0.15) is 5.10 Å². The minimum atomic E-state index is 0.358. The van der Waals surface area contributed by atoms with Crippen LogP contribution < -0.4 is 4.74 Å². The number of morpholine rings is 1. The van der Waals surface area contributed by atoms with E-state index >= 15 is 0 Å². The average Bonchev–Trinajstić information content (AvgIpc) is 3.73. The van der Waals surface area contributed by atoms with Crippen LogP contribution in [-0.4, -0.2) is 60.8 Å². The molecule has 2 heterocycles. The molecule has 1 saturated heterocycles. The molecule has 0 atom stereocenters. The first-order chi connectivity index (χ1) is 18.2. The number of hydrogen-bond donors (Lipinski definition) is 1. The van der Waals surface area contributed by atoms with Crippen molar-refractivity contribution >= 4 is 16.7 Å². The third kappa shape index (κ3) is 6.85. The number of methoxy groups -OCH3 is 1. The van der Waals surface area contributed by atoms with Crippen LogP contribution >= 0.6 is 0 Å². The predicted molar refractivity (Wildman–Crippen MR) is 147 cm³/mol. The van der Waals surface area contributed by atoms with Gasteiger partial charge >= 0.3 is 0 Å². The van der Waals surface area contributed by atoms with E-state index in [1.54, 1.807) is 7.11 Å². The number of ketones is 1. The molecule has 0 unspecified atom stereocenters. The number of ether oxygens (including phenoxy) is 2. The third-order valence-corrected chi connectivity index (χ3v) is 7.09. The zero-order valence-corrected chi connectivity index (χ0v) is 21.5. The number of benzene rings is 3. The predicted octanol–water partition coefficient (Wildman–Crippen LogP) is 5.32. The van der Waals surface area contributed by atoms with Crippen molar-refractivity contribution in [3.05, 3.63) is 83.9 Å². The SMILES string of the molecule is COc1ccc(CC(=O)C2CC2)cc1.c1ccc2c(-c3ccc(CCN4CCOCC4)cc3)n[nH]c2c1. The smallest absolute Gasteiger partial charge is 0.140 e. The van der Waals surface area contributed by atoms with E-state index in [9.17, 15) is 4.79 Å². The maximum absolute atomic E-state index is 11.5. The molecule has 0 amide bonds. The number of nitrogens with zero attached hydrogens (tertiary/aromatic N) is 2. The molecule has 4 aromatic rings. The summed E-state index contributed by atoms with van der Waals surface area (Å²) in [6.45, 7) is 4.94. The van der Waals surface area contributed by atoms with Crippen molar-refractivity contribution in [3.8, 4) is 17.0 Å². The molecule has 6 rings (SSSR count). The van der Waals surface area contributed by atoms with Gasteiger partial charge in [-0.1, -0.05) is 54.6 Å². The number of aromatic amines is 1. The van der Waals surface area contributed by atoms with Gasteiger partial charge in [0.25, 0.3) is 0 Å². The first-order valence-corrected chi connectivity index (χ1v) is 13.2. The normalized spacial score (nSPS) is 15.7. The lowest BCUT2D eigenvalue weighted by Crippen LogP contribution is -2.37. The van der Waals surface area contributed by atoms with Gasteiger partial charge in [-0.3, -0.25) is 14.8 Å². The molecule has 1 aliphatic carbocycles. The monoisotopic (exact) mass is 497 g/mol. The molecule has 6 nitrogen and oxygen atoms in total. The molecule has 192 valence electrons. The average molecular weight is 498 g/mol. The van der Waals surface area contributed by atoms with Gasteiger partial charge < -0.3 is 9.47 Å². The zero-order chi connectivity index (χ0) is 25.5. The van der Waals surface area contributed by atoms with Gasteiger partial charge in [0.2, 0.25) is 0 Å². The summed E-state index contributed by atoms with van der Waals surface area (Å²) in [6, 6.07) is 24.8. The number of fused-ring (bicyclic) bond motifs is 1. The Morgan fingerprint density at radius 2 is 1.68 bits per heavy atom. The van der Waals surface area contributed by atoms with Crippen molar-refractivity contribution in [1.82, 2.24) is 15.1 Å². The van der Waals surface area contributed by atoms with E-state index in [4.69, 9.17) is 9.47 Å². The first kappa shape index (κ1) is 25.2. The zero-order valence-electron chi connectivity index (χ0n) is 21.5. The fourth-order valence-corrected chi connectivity index (χ4v) is 4.62. The van der Waals surface area contributed by atoms with Crippen molar-refractivity contribution in [2.75, 3.05) is 40.0 Å². The number of aromatic nitrogens is 2. The molecule has 1 aliphatic heterocycles. The molecule has 2 fully saturated rings. The number of rotatable bonds is 8. The topological polar surface area (TPSA) is 67.4 Å². The maximum atomic E-state index is 11.5. The molecular weight excluding hydrogens is 462 g/mol. The number of carbonyl (C=O) groups excluding carboxylic acids is 1. The lowest BCUT2D eigenvalue weighted by molar-refractivity contribution is -0.119. The highest BCUT2D eigenvalue weighted by Gasteiger charge is 2.28. The van der Waals surface area contributed by atoms with Gasteiger partial charge in [-0.15, -0.1) is 0 Å². The lowest BCUT2D eigenvalue weighted by Gasteiger charge is -2.26. The van der Waals surface area contributed by atoms with Crippen LogP contribution in [0.4, 0.5) is 0 Å². The summed E-state index contributed by atoms with van der Waals surface area (Å²) >= 11 is 0. The number of carbonyl (C=O) groups is 1. The number of para-hydroxylation sites is 1. The standard InChI is InChI=1S/C19H21N3O.C12H14O2/c1-2-4-18-17(3-1)19(21-20-18)16-7-5-15(6-8-16)9-10-22-11-13-23-14-12-22;1-14-11-6-2-9(3-7-11)8-12(13)10-4-5-10/h1-8H,9-14H2,(H,20,21);2-3,6-7,10H,4-5,8H2,1H3. The van der Waals surface area contributed by atoms with E-state index in [1.165, 1.54) is 10.9 Å². The van der Waals surface area contributed by atoms with Crippen molar-refractivity contribution < 1.29 is 14.3 Å². The van der Waals surface area contributed by atoms with Crippen LogP contribution in [-0.2, 0) is 22.4 Å². The number of nitrogens with one attached hydrogen (secondary N) is 1. The van der Waals surface area contributed by atoms with E-state index in [1.807, 2.05) is 30.3 Å². The van der Waals surface area contributed by atoms with Crippen LogP contribution in [0.1, 0.15) is 24.0 Å². The molecule has 1 saturated carbocycles. The summed E-state index contributed by atoms with van der Waals surface area (Å²) in [7, 11) is 1.64. The highest BCUT2D eigenvalue weighted by molar-refractivity contribution is 5.92. The number of hydrogen-bond acceptors (Lipinski definition) is 5.